The Bertz CT molecular complexity index is 3080. The molecule has 0 fully saturated rings. The van der Waals surface area contributed by atoms with E-state index in [-0.39, 0.29) is 0 Å². The van der Waals surface area contributed by atoms with Crippen LogP contribution >= 0.6 is 11.3 Å². The van der Waals surface area contributed by atoms with E-state index in [0.717, 1.165) is 50.1 Å². The first-order valence-corrected chi connectivity index (χ1v) is 19.5. The maximum absolute atomic E-state index is 5.14. The van der Waals surface area contributed by atoms with Gasteiger partial charge in [-0.05, 0) is 53.6 Å². The summed E-state index contributed by atoms with van der Waals surface area (Å²) in [5.41, 5.74) is 9.59. The van der Waals surface area contributed by atoms with E-state index in [2.05, 4.69) is 145 Å². The van der Waals surface area contributed by atoms with E-state index in [1.807, 2.05) is 66.0 Å². The lowest BCUT2D eigenvalue weighted by atomic mass is 9.92. The van der Waals surface area contributed by atoms with Gasteiger partial charge in [0.25, 0.3) is 0 Å². The predicted octanol–water partition coefficient (Wildman–Crippen LogP) is 13.8. The smallest absolute Gasteiger partial charge is 0.164 e. The Morgan fingerprint density at radius 2 is 1.04 bits per heavy atom. The fraction of sp³-hybridized carbons (Fsp3) is 0. The average molecular weight is 735 g/mol. The van der Waals surface area contributed by atoms with Gasteiger partial charge in [0.1, 0.15) is 0 Å². The summed E-state index contributed by atoms with van der Waals surface area (Å²) < 4.78 is 5.06. The first kappa shape index (κ1) is 33.4. The number of rotatable bonds is 8. The molecule has 7 aromatic carbocycles. The topological polar surface area (TPSA) is 43.6 Å². The molecule has 5 heteroatoms. The van der Waals surface area contributed by atoms with Crippen LogP contribution in [0.3, 0.4) is 0 Å². The molecule has 0 atom stereocenters. The summed E-state index contributed by atoms with van der Waals surface area (Å²) in [4.78, 5) is 15.1. The summed E-state index contributed by atoms with van der Waals surface area (Å²) >= 11 is 1.86. The lowest BCUT2D eigenvalue weighted by Crippen LogP contribution is -2.04. The Labute approximate surface area is 328 Å². The number of fused-ring (bicyclic) bond motifs is 6. The third kappa shape index (κ3) is 5.91. The molecular formula is C51H34N4S. The molecule has 0 bridgehead atoms. The van der Waals surface area contributed by atoms with Crippen LogP contribution in [0.15, 0.2) is 195 Å². The van der Waals surface area contributed by atoms with Gasteiger partial charge < -0.3 is 4.57 Å². The third-order valence-electron chi connectivity index (χ3n) is 10.2. The molecule has 10 rings (SSSR count). The zero-order valence-electron chi connectivity index (χ0n) is 30.4. The van der Waals surface area contributed by atoms with Crippen LogP contribution in [0.4, 0.5) is 0 Å². The Kier molecular flexibility index (Phi) is 8.47. The van der Waals surface area contributed by atoms with Crippen molar-refractivity contribution in [2.24, 2.45) is 0 Å². The van der Waals surface area contributed by atoms with Crippen molar-refractivity contribution in [3.63, 3.8) is 0 Å². The zero-order chi connectivity index (χ0) is 37.4. The monoisotopic (exact) mass is 734 g/mol. The highest BCUT2D eigenvalue weighted by Gasteiger charge is 2.23. The minimum Gasteiger partial charge on any atom is -0.308 e. The number of para-hydroxylation sites is 1. The van der Waals surface area contributed by atoms with Crippen molar-refractivity contribution in [1.29, 1.82) is 0 Å². The lowest BCUT2D eigenvalue weighted by Gasteiger charge is -2.21. The van der Waals surface area contributed by atoms with Crippen LogP contribution in [-0.2, 0) is 0 Å². The average Bonchev–Trinajstić information content (AvgIpc) is 3.79. The number of hydrogen-bond donors (Lipinski definition) is 0. The Hall–Kier alpha value is -7.21. The number of aromatic nitrogens is 4. The van der Waals surface area contributed by atoms with E-state index < -0.39 is 0 Å². The van der Waals surface area contributed by atoms with Crippen LogP contribution in [-0.4, -0.2) is 19.5 Å². The van der Waals surface area contributed by atoms with E-state index in [0.29, 0.717) is 17.5 Å². The van der Waals surface area contributed by atoms with E-state index in [4.69, 9.17) is 15.0 Å². The van der Waals surface area contributed by atoms with Gasteiger partial charge in [-0.25, -0.2) is 15.0 Å². The largest absolute Gasteiger partial charge is 0.308 e. The highest BCUT2D eigenvalue weighted by Crippen LogP contribution is 2.45. The van der Waals surface area contributed by atoms with Crippen LogP contribution in [0.1, 0.15) is 5.82 Å². The highest BCUT2D eigenvalue weighted by atomic mass is 32.1. The fourth-order valence-corrected chi connectivity index (χ4v) is 8.83. The molecule has 0 N–H and O–H groups in total. The minimum atomic E-state index is 0.573. The summed E-state index contributed by atoms with van der Waals surface area (Å²) in [5.74, 6) is 1.79. The number of benzene rings is 7. The quantitative estimate of drug-likeness (QED) is 0.146. The molecule has 0 aliphatic carbocycles. The lowest BCUT2D eigenvalue weighted by molar-refractivity contribution is 1.04. The van der Waals surface area contributed by atoms with Crippen molar-refractivity contribution in [3.8, 4) is 50.7 Å². The van der Waals surface area contributed by atoms with Crippen LogP contribution < -0.4 is 0 Å². The van der Waals surface area contributed by atoms with Gasteiger partial charge in [0.15, 0.2) is 17.5 Å². The molecule has 0 saturated heterocycles. The molecule has 3 aromatic heterocycles. The van der Waals surface area contributed by atoms with Gasteiger partial charge in [-0.2, -0.15) is 0 Å². The molecule has 0 unspecified atom stereocenters. The molecular weight excluding hydrogens is 701 g/mol. The summed E-state index contributed by atoms with van der Waals surface area (Å²) in [6.45, 7) is 3.80. The van der Waals surface area contributed by atoms with Crippen molar-refractivity contribution < 1.29 is 0 Å². The number of hydrogen-bond acceptors (Lipinski definition) is 4. The number of nitrogens with zero attached hydrogens (tertiary/aromatic N) is 4. The van der Waals surface area contributed by atoms with Crippen molar-refractivity contribution >= 4 is 59.4 Å². The summed E-state index contributed by atoms with van der Waals surface area (Å²) in [6.07, 6.45) is 9.40. The van der Waals surface area contributed by atoms with Crippen LogP contribution in [0, 0.1) is 0 Å². The van der Waals surface area contributed by atoms with Gasteiger partial charge in [0.2, 0.25) is 0 Å². The second-order valence-electron chi connectivity index (χ2n) is 13.7. The zero-order valence-corrected chi connectivity index (χ0v) is 31.2. The molecule has 0 aliphatic rings. The first-order chi connectivity index (χ1) is 27.7. The molecule has 4 nitrogen and oxygen atoms in total. The van der Waals surface area contributed by atoms with Gasteiger partial charge in [-0.1, -0.05) is 158 Å². The van der Waals surface area contributed by atoms with Crippen molar-refractivity contribution in [2.75, 3.05) is 0 Å². The Balaban J connectivity index is 1.32. The van der Waals surface area contributed by atoms with E-state index in [1.165, 1.54) is 30.9 Å². The predicted molar refractivity (Wildman–Crippen MR) is 237 cm³/mol. The summed E-state index contributed by atoms with van der Waals surface area (Å²) in [5, 5.41) is 5.00. The second-order valence-corrected chi connectivity index (χ2v) is 14.7. The van der Waals surface area contributed by atoms with Crippen LogP contribution in [0.25, 0.3) is 98.8 Å². The molecule has 3 heterocycles. The van der Waals surface area contributed by atoms with Crippen molar-refractivity contribution in [1.82, 2.24) is 19.5 Å². The standard InChI is InChI=1S/C51H34N4S/c1-2-3-4-14-29-48-52-50(36-23-12-7-13-24-36)54-51(53-48)37-30-40(34-19-8-5-9-20-34)49(41(31-37)35-21-10-6-11-22-35)55-44-27-17-15-25-38(44)42-33-47-43(32-45(42)55)39-26-16-18-28-46(39)56-47/h2-33H,1H2/b4-3-,29-14+. The molecule has 0 aliphatic heterocycles. The number of allylic oxidation sites excluding steroid dienone is 4. The maximum atomic E-state index is 5.14. The summed E-state index contributed by atoms with van der Waals surface area (Å²) in [7, 11) is 0. The Morgan fingerprint density at radius 1 is 0.446 bits per heavy atom. The maximum Gasteiger partial charge on any atom is 0.164 e. The highest BCUT2D eigenvalue weighted by molar-refractivity contribution is 7.25. The van der Waals surface area contributed by atoms with Gasteiger partial charge in [0, 0.05) is 53.2 Å². The Morgan fingerprint density at radius 3 is 1.71 bits per heavy atom. The molecule has 0 amide bonds. The fourth-order valence-electron chi connectivity index (χ4n) is 7.70. The second kappa shape index (κ2) is 14.2. The molecule has 0 saturated carbocycles. The minimum absolute atomic E-state index is 0.573. The van der Waals surface area contributed by atoms with Crippen molar-refractivity contribution in [3.05, 3.63) is 200 Å². The summed E-state index contributed by atoms with van der Waals surface area (Å²) in [6, 6.07) is 58.3. The SMILES string of the molecule is C=C/C=C\C=C\c1nc(-c2ccccc2)nc(-c2cc(-c3ccccc3)c(-n3c4ccccc4c4cc5sc6ccccc6c5cc43)c(-c3ccccc3)c2)n1. The molecule has 264 valence electrons. The van der Waals surface area contributed by atoms with Gasteiger partial charge in [-0.15, -0.1) is 11.3 Å². The van der Waals surface area contributed by atoms with E-state index >= 15 is 0 Å². The first-order valence-electron chi connectivity index (χ1n) is 18.6. The van der Waals surface area contributed by atoms with E-state index in [1.54, 1.807) is 6.08 Å². The van der Waals surface area contributed by atoms with E-state index in [9.17, 15) is 0 Å². The normalized spacial score (nSPS) is 11.9. The molecule has 56 heavy (non-hydrogen) atoms. The van der Waals surface area contributed by atoms with Gasteiger partial charge >= 0.3 is 0 Å². The third-order valence-corrected chi connectivity index (χ3v) is 11.4. The van der Waals surface area contributed by atoms with Crippen LogP contribution in [0.2, 0.25) is 0 Å². The van der Waals surface area contributed by atoms with Gasteiger partial charge in [-0.3, -0.25) is 0 Å². The van der Waals surface area contributed by atoms with Crippen LogP contribution in [0.5, 0.6) is 0 Å². The van der Waals surface area contributed by atoms with Gasteiger partial charge in [0.05, 0.1) is 16.7 Å². The molecule has 0 spiro atoms. The molecule has 0 radical (unpaired) electrons. The number of thiophene rings is 1. The molecule has 10 aromatic rings. The van der Waals surface area contributed by atoms with Crippen molar-refractivity contribution in [2.45, 2.75) is 0 Å².